The molecule has 1 rings (SSSR count). The third-order valence-electron chi connectivity index (χ3n) is 9.48. The molecule has 1 aliphatic rings. The molecule has 0 spiro atoms. The van der Waals surface area contributed by atoms with E-state index in [9.17, 15) is 30.0 Å². The third kappa shape index (κ3) is 27.6. The summed E-state index contributed by atoms with van der Waals surface area (Å²) in [5.41, 5.74) is 0. The highest BCUT2D eigenvalue weighted by Crippen LogP contribution is 2.22. The van der Waals surface area contributed by atoms with Gasteiger partial charge in [-0.2, -0.15) is 0 Å². The molecule has 316 valence electrons. The zero-order valence-corrected chi connectivity index (χ0v) is 34.2. The molecule has 0 amide bonds. The molecule has 0 bridgehead atoms. The predicted octanol–water partition coefficient (Wildman–Crippen LogP) is 8.66. The summed E-state index contributed by atoms with van der Waals surface area (Å²) in [4.78, 5) is 25.3. The Labute approximate surface area is 332 Å². The summed E-state index contributed by atoms with van der Waals surface area (Å²) >= 11 is 0. The van der Waals surface area contributed by atoms with Crippen molar-refractivity contribution in [2.75, 3.05) is 19.8 Å². The smallest absolute Gasteiger partial charge is 0.306 e. The summed E-state index contributed by atoms with van der Waals surface area (Å²) in [6, 6.07) is 0. The number of hydrogen-bond donors (Lipinski definition) is 4. The zero-order chi connectivity index (χ0) is 40.2. The number of hydrogen-bond acceptors (Lipinski definition) is 10. The second-order valence-corrected chi connectivity index (χ2v) is 14.5. The molecule has 6 atom stereocenters. The van der Waals surface area contributed by atoms with E-state index in [0.29, 0.717) is 12.8 Å². The molecule has 0 radical (unpaired) electrons. The number of allylic oxidation sites excluding steroid dienone is 10. The first kappa shape index (κ1) is 50.4. The van der Waals surface area contributed by atoms with Gasteiger partial charge in [0.25, 0.3) is 0 Å². The Morgan fingerprint density at radius 1 is 0.582 bits per heavy atom. The van der Waals surface area contributed by atoms with E-state index >= 15 is 0 Å². The molecular weight excluding hydrogens is 700 g/mol. The fraction of sp³-hybridized carbons (Fsp3) is 0.733. The average Bonchev–Trinajstić information content (AvgIpc) is 3.18. The number of rotatable bonds is 34. The Morgan fingerprint density at radius 3 is 1.69 bits per heavy atom. The zero-order valence-electron chi connectivity index (χ0n) is 34.2. The average molecular weight is 777 g/mol. The molecule has 4 N–H and O–H groups in total. The van der Waals surface area contributed by atoms with Crippen molar-refractivity contribution >= 4 is 11.9 Å². The van der Waals surface area contributed by atoms with E-state index in [4.69, 9.17) is 18.9 Å². The maximum Gasteiger partial charge on any atom is 0.306 e. The van der Waals surface area contributed by atoms with Gasteiger partial charge in [0.05, 0.1) is 13.2 Å². The Kier molecular flexibility index (Phi) is 32.8. The molecule has 1 heterocycles. The summed E-state index contributed by atoms with van der Waals surface area (Å²) in [6.07, 6.45) is 35.2. The summed E-state index contributed by atoms with van der Waals surface area (Å²) in [7, 11) is 0. The first-order chi connectivity index (χ1) is 26.8. The number of carbonyl (C=O) groups is 2. The maximum absolute atomic E-state index is 12.7. The maximum atomic E-state index is 12.7. The number of unbranched alkanes of at least 4 members (excludes halogenated alkanes) is 16. The first-order valence-electron chi connectivity index (χ1n) is 21.4. The van der Waals surface area contributed by atoms with Gasteiger partial charge in [-0.3, -0.25) is 9.59 Å². The van der Waals surface area contributed by atoms with Crippen LogP contribution in [0.25, 0.3) is 0 Å². The van der Waals surface area contributed by atoms with Gasteiger partial charge in [0, 0.05) is 12.8 Å². The molecule has 10 nitrogen and oxygen atoms in total. The van der Waals surface area contributed by atoms with E-state index < -0.39 is 55.4 Å². The fourth-order valence-corrected chi connectivity index (χ4v) is 6.07. The minimum atomic E-state index is -1.60. The third-order valence-corrected chi connectivity index (χ3v) is 9.48. The highest BCUT2D eigenvalue weighted by atomic mass is 16.7. The van der Waals surface area contributed by atoms with Crippen LogP contribution in [0.4, 0.5) is 0 Å². The number of ether oxygens (including phenoxy) is 4. The molecule has 1 fully saturated rings. The minimum Gasteiger partial charge on any atom is -0.462 e. The topological polar surface area (TPSA) is 152 Å². The Morgan fingerprint density at radius 2 is 1.09 bits per heavy atom. The van der Waals surface area contributed by atoms with E-state index in [1.807, 2.05) is 36.5 Å². The minimum absolute atomic E-state index is 0.181. The quantitative estimate of drug-likeness (QED) is 0.0216. The number of carbonyl (C=O) groups excluding carboxylic acids is 2. The van der Waals surface area contributed by atoms with Crippen LogP contribution in [0.15, 0.2) is 60.8 Å². The summed E-state index contributed by atoms with van der Waals surface area (Å²) < 4.78 is 22.1. The fourth-order valence-electron chi connectivity index (χ4n) is 6.07. The van der Waals surface area contributed by atoms with Gasteiger partial charge in [-0.05, 0) is 57.8 Å². The Bertz CT molecular complexity index is 1080. The van der Waals surface area contributed by atoms with Gasteiger partial charge in [0.1, 0.15) is 31.0 Å². The SMILES string of the molecule is CC/C=C/C=C/C=C/C=C/CCCCCC(=O)OC(COC(=O)CCCCCCCCC/C=C/CCCCCCCC)CO[C@H]1O[C@@H](CO)[C@@H](O)C(O)C1O. The van der Waals surface area contributed by atoms with Crippen LogP contribution in [0, 0.1) is 0 Å². The lowest BCUT2D eigenvalue weighted by atomic mass is 9.99. The standard InChI is InChI=1S/C45H76O10/c1-3-5-7-9-11-13-15-17-18-19-20-22-23-25-27-29-31-33-40(47)52-36-38(37-53-45-44(51)43(50)42(49)39(35-46)55-45)54-41(48)34-32-30-28-26-24-21-16-14-12-10-8-6-4-2/h6,8,10,12,14,16-18,21,24,38-39,42-46,49-51H,3-5,7,9,11,13,15,19-20,22-23,25-37H2,1-2H3/b8-6+,12-10+,16-14+,18-17+,24-21+/t38?,39-,42+,43?,44?,45-/m0/s1. The van der Waals surface area contributed by atoms with Crippen LogP contribution in [0.3, 0.4) is 0 Å². The molecule has 55 heavy (non-hydrogen) atoms. The normalized spacial score (nSPS) is 21.2. The van der Waals surface area contributed by atoms with Gasteiger partial charge in [0.15, 0.2) is 12.4 Å². The van der Waals surface area contributed by atoms with Crippen molar-refractivity contribution in [2.45, 2.75) is 192 Å². The largest absolute Gasteiger partial charge is 0.462 e. The van der Waals surface area contributed by atoms with E-state index in [-0.39, 0.29) is 26.1 Å². The van der Waals surface area contributed by atoms with Crippen LogP contribution in [0.1, 0.15) is 155 Å². The predicted molar refractivity (Wildman–Crippen MR) is 219 cm³/mol. The summed E-state index contributed by atoms with van der Waals surface area (Å²) in [6.45, 7) is 3.21. The van der Waals surface area contributed by atoms with Crippen LogP contribution in [0.2, 0.25) is 0 Å². The molecule has 10 heteroatoms. The first-order valence-corrected chi connectivity index (χ1v) is 21.4. The molecule has 0 aliphatic carbocycles. The molecule has 1 aliphatic heterocycles. The van der Waals surface area contributed by atoms with Crippen LogP contribution >= 0.6 is 0 Å². The van der Waals surface area contributed by atoms with Crippen molar-refractivity contribution in [1.82, 2.24) is 0 Å². The van der Waals surface area contributed by atoms with Crippen molar-refractivity contribution < 1.29 is 49.0 Å². The van der Waals surface area contributed by atoms with Crippen molar-refractivity contribution in [3.8, 4) is 0 Å². The van der Waals surface area contributed by atoms with Gasteiger partial charge < -0.3 is 39.4 Å². The Balaban J connectivity index is 2.37. The van der Waals surface area contributed by atoms with Crippen LogP contribution < -0.4 is 0 Å². The molecule has 1 saturated heterocycles. The van der Waals surface area contributed by atoms with Crippen molar-refractivity contribution in [3.63, 3.8) is 0 Å². The number of aliphatic hydroxyl groups excluding tert-OH is 4. The highest BCUT2D eigenvalue weighted by Gasteiger charge is 2.44. The molecule has 0 aromatic carbocycles. The molecule has 0 aromatic heterocycles. The van der Waals surface area contributed by atoms with Gasteiger partial charge in [-0.15, -0.1) is 0 Å². The van der Waals surface area contributed by atoms with E-state index in [2.05, 4.69) is 38.2 Å². The monoisotopic (exact) mass is 777 g/mol. The van der Waals surface area contributed by atoms with Crippen LogP contribution in [0.5, 0.6) is 0 Å². The van der Waals surface area contributed by atoms with Gasteiger partial charge in [-0.1, -0.05) is 145 Å². The van der Waals surface area contributed by atoms with Gasteiger partial charge in [-0.25, -0.2) is 0 Å². The molecule has 3 unspecified atom stereocenters. The van der Waals surface area contributed by atoms with Crippen molar-refractivity contribution in [3.05, 3.63) is 60.8 Å². The van der Waals surface area contributed by atoms with Gasteiger partial charge >= 0.3 is 11.9 Å². The van der Waals surface area contributed by atoms with Crippen LogP contribution in [-0.4, -0.2) is 89.0 Å². The Hall–Kier alpha value is -2.60. The van der Waals surface area contributed by atoms with E-state index in [0.717, 1.165) is 51.4 Å². The highest BCUT2D eigenvalue weighted by molar-refractivity contribution is 5.70. The van der Waals surface area contributed by atoms with Gasteiger partial charge in [0.2, 0.25) is 0 Å². The summed E-state index contributed by atoms with van der Waals surface area (Å²) in [5.74, 6) is -0.862. The number of aliphatic hydroxyl groups is 4. The second kappa shape index (κ2) is 35.8. The molecular formula is C45H76O10. The van der Waals surface area contributed by atoms with E-state index in [1.54, 1.807) is 0 Å². The molecule has 0 aromatic rings. The van der Waals surface area contributed by atoms with Crippen molar-refractivity contribution in [2.24, 2.45) is 0 Å². The lowest BCUT2D eigenvalue weighted by Gasteiger charge is -2.39. The lowest BCUT2D eigenvalue weighted by Crippen LogP contribution is -2.59. The molecule has 0 saturated carbocycles. The van der Waals surface area contributed by atoms with Crippen LogP contribution in [-0.2, 0) is 28.5 Å². The summed E-state index contributed by atoms with van der Waals surface area (Å²) in [5, 5.41) is 40.0. The van der Waals surface area contributed by atoms with Crippen molar-refractivity contribution in [1.29, 1.82) is 0 Å². The van der Waals surface area contributed by atoms with E-state index in [1.165, 1.54) is 64.2 Å². The number of esters is 2. The second-order valence-electron chi connectivity index (χ2n) is 14.5. The lowest BCUT2D eigenvalue weighted by molar-refractivity contribution is -0.305.